The molecule has 108 valence electrons. The lowest BCUT2D eigenvalue weighted by Crippen LogP contribution is -2.52. The number of amides is 1. The van der Waals surface area contributed by atoms with Crippen LogP contribution in [-0.2, 0) is 11.3 Å². The molecule has 0 spiro atoms. The monoisotopic (exact) mass is 275 g/mol. The normalized spacial score (nSPS) is 24.0. The van der Waals surface area contributed by atoms with Crippen molar-refractivity contribution < 1.29 is 4.79 Å². The van der Waals surface area contributed by atoms with E-state index in [1.54, 1.807) is 12.5 Å². The van der Waals surface area contributed by atoms with Gasteiger partial charge in [0.15, 0.2) is 0 Å². The van der Waals surface area contributed by atoms with Gasteiger partial charge < -0.3 is 10.2 Å². The van der Waals surface area contributed by atoms with Crippen LogP contribution >= 0.6 is 0 Å². The van der Waals surface area contributed by atoms with Gasteiger partial charge in [-0.2, -0.15) is 0 Å². The van der Waals surface area contributed by atoms with Gasteiger partial charge >= 0.3 is 0 Å². The molecule has 0 radical (unpaired) electrons. The van der Waals surface area contributed by atoms with E-state index in [1.165, 1.54) is 0 Å². The molecule has 2 saturated heterocycles. The minimum Gasteiger partial charge on any atom is -0.339 e. The zero-order valence-electron chi connectivity index (χ0n) is 11.7. The second-order valence-corrected chi connectivity index (χ2v) is 5.40. The Labute approximate surface area is 119 Å². The highest BCUT2D eigenvalue weighted by Crippen LogP contribution is 2.21. The van der Waals surface area contributed by atoms with E-state index >= 15 is 0 Å². The van der Waals surface area contributed by atoms with E-state index < -0.39 is 0 Å². The Morgan fingerprint density at radius 1 is 1.35 bits per heavy atom. The number of likely N-dealkylation sites (tertiary alicyclic amines) is 1. The Kier molecular flexibility index (Phi) is 4.22. The van der Waals surface area contributed by atoms with Gasteiger partial charge in [0, 0.05) is 38.9 Å². The number of carbonyl (C=O) groups excluding carboxylic acids is 1. The minimum absolute atomic E-state index is 0.0306. The third-order valence-electron chi connectivity index (χ3n) is 4.09. The summed E-state index contributed by atoms with van der Waals surface area (Å²) >= 11 is 0. The van der Waals surface area contributed by atoms with Crippen LogP contribution in [0.5, 0.6) is 0 Å². The molecule has 0 aliphatic carbocycles. The first-order valence-electron chi connectivity index (χ1n) is 7.33. The molecule has 1 aromatic rings. The van der Waals surface area contributed by atoms with Gasteiger partial charge in [0.2, 0.25) is 5.91 Å². The maximum Gasteiger partial charge on any atom is 0.240 e. The van der Waals surface area contributed by atoms with E-state index in [0.29, 0.717) is 0 Å². The molecule has 2 aliphatic rings. The molecule has 6 nitrogen and oxygen atoms in total. The second-order valence-electron chi connectivity index (χ2n) is 5.40. The van der Waals surface area contributed by atoms with Gasteiger partial charge in [-0.1, -0.05) is 0 Å². The van der Waals surface area contributed by atoms with Gasteiger partial charge in [-0.25, -0.2) is 9.97 Å². The zero-order valence-corrected chi connectivity index (χ0v) is 11.7. The number of nitrogens with zero attached hydrogens (tertiary/aromatic N) is 4. The summed E-state index contributed by atoms with van der Waals surface area (Å²) in [5.41, 5.74) is 0.986. The third-order valence-corrected chi connectivity index (χ3v) is 4.09. The number of rotatable bonds is 3. The molecule has 20 heavy (non-hydrogen) atoms. The molecule has 3 rings (SSSR count). The first-order valence-corrected chi connectivity index (χ1v) is 7.33. The number of hydrogen-bond acceptors (Lipinski definition) is 5. The zero-order chi connectivity index (χ0) is 13.8. The molecular formula is C14H21N5O. The van der Waals surface area contributed by atoms with E-state index in [1.807, 2.05) is 11.0 Å². The predicted molar refractivity (Wildman–Crippen MR) is 74.9 cm³/mol. The molecule has 1 atom stereocenters. The molecule has 1 aromatic heterocycles. The van der Waals surface area contributed by atoms with Crippen LogP contribution in [0.25, 0.3) is 0 Å². The molecule has 0 saturated carbocycles. The molecule has 1 amide bonds. The third kappa shape index (κ3) is 2.96. The topological polar surface area (TPSA) is 61.4 Å². The number of hydrogen-bond donors (Lipinski definition) is 1. The standard InChI is InChI=1S/C14H21N5O/c20-14(18-8-5-15-6-9-18)13-2-1-7-19(13)10-12-3-4-16-11-17-12/h3-4,11,13,15H,1-2,5-10H2. The molecule has 0 bridgehead atoms. The lowest BCUT2D eigenvalue weighted by molar-refractivity contribution is -0.136. The van der Waals surface area contributed by atoms with Crippen molar-refractivity contribution in [2.45, 2.75) is 25.4 Å². The first kappa shape index (κ1) is 13.5. The molecule has 2 aliphatic heterocycles. The van der Waals surface area contributed by atoms with Crippen LogP contribution in [0.1, 0.15) is 18.5 Å². The summed E-state index contributed by atoms with van der Waals surface area (Å²) in [7, 11) is 0. The van der Waals surface area contributed by atoms with Crippen molar-refractivity contribution in [1.29, 1.82) is 0 Å². The Morgan fingerprint density at radius 3 is 2.95 bits per heavy atom. The van der Waals surface area contributed by atoms with Crippen molar-refractivity contribution >= 4 is 5.91 Å². The number of aromatic nitrogens is 2. The van der Waals surface area contributed by atoms with Crippen LogP contribution in [-0.4, -0.2) is 64.4 Å². The van der Waals surface area contributed by atoms with E-state index in [-0.39, 0.29) is 11.9 Å². The summed E-state index contributed by atoms with van der Waals surface area (Å²) in [6, 6.07) is 1.95. The number of piperazine rings is 1. The Morgan fingerprint density at radius 2 is 2.20 bits per heavy atom. The molecule has 6 heteroatoms. The molecule has 1 N–H and O–H groups in total. The van der Waals surface area contributed by atoms with Crippen molar-refractivity contribution in [2.75, 3.05) is 32.7 Å². The highest BCUT2D eigenvalue weighted by Gasteiger charge is 2.34. The lowest BCUT2D eigenvalue weighted by Gasteiger charge is -2.32. The van der Waals surface area contributed by atoms with Crippen molar-refractivity contribution in [1.82, 2.24) is 25.1 Å². The quantitative estimate of drug-likeness (QED) is 0.833. The van der Waals surface area contributed by atoms with Gasteiger partial charge in [-0.15, -0.1) is 0 Å². The molecular weight excluding hydrogens is 254 g/mol. The lowest BCUT2D eigenvalue weighted by atomic mass is 10.1. The van der Waals surface area contributed by atoms with Crippen LogP contribution < -0.4 is 5.32 Å². The van der Waals surface area contributed by atoms with E-state index in [9.17, 15) is 4.79 Å². The van der Waals surface area contributed by atoms with E-state index in [4.69, 9.17) is 0 Å². The number of nitrogens with one attached hydrogen (secondary N) is 1. The average Bonchev–Trinajstić information content (AvgIpc) is 2.96. The van der Waals surface area contributed by atoms with Crippen LogP contribution in [0.2, 0.25) is 0 Å². The Bertz CT molecular complexity index is 446. The molecule has 3 heterocycles. The highest BCUT2D eigenvalue weighted by atomic mass is 16.2. The van der Waals surface area contributed by atoms with E-state index in [0.717, 1.165) is 57.8 Å². The minimum atomic E-state index is 0.0306. The molecule has 1 unspecified atom stereocenters. The summed E-state index contributed by atoms with van der Waals surface area (Å²) in [5.74, 6) is 0.290. The Balaban J connectivity index is 1.64. The van der Waals surface area contributed by atoms with Crippen LogP contribution in [0.4, 0.5) is 0 Å². The fourth-order valence-electron chi connectivity index (χ4n) is 3.01. The van der Waals surface area contributed by atoms with Gasteiger partial charge in [0.05, 0.1) is 11.7 Å². The van der Waals surface area contributed by atoms with Crippen molar-refractivity contribution in [3.63, 3.8) is 0 Å². The largest absolute Gasteiger partial charge is 0.339 e. The van der Waals surface area contributed by atoms with Gasteiger partial charge in [-0.05, 0) is 25.5 Å². The maximum atomic E-state index is 12.6. The summed E-state index contributed by atoms with van der Waals surface area (Å²) < 4.78 is 0. The molecule has 0 aromatic carbocycles. The van der Waals surface area contributed by atoms with Gasteiger partial charge in [0.1, 0.15) is 6.33 Å². The summed E-state index contributed by atoms with van der Waals surface area (Å²) in [4.78, 5) is 25.1. The van der Waals surface area contributed by atoms with Crippen LogP contribution in [0.3, 0.4) is 0 Å². The highest BCUT2D eigenvalue weighted by molar-refractivity contribution is 5.82. The fraction of sp³-hybridized carbons (Fsp3) is 0.643. The predicted octanol–water partition coefficient (Wildman–Crippen LogP) is -0.127. The average molecular weight is 275 g/mol. The Hall–Kier alpha value is -1.53. The number of carbonyl (C=O) groups is 1. The summed E-state index contributed by atoms with van der Waals surface area (Å²) in [6.07, 6.45) is 5.38. The smallest absolute Gasteiger partial charge is 0.240 e. The SMILES string of the molecule is O=C(C1CCCN1Cc1ccncn1)N1CCNCC1. The van der Waals surface area contributed by atoms with Crippen molar-refractivity contribution in [2.24, 2.45) is 0 Å². The van der Waals surface area contributed by atoms with Crippen LogP contribution in [0.15, 0.2) is 18.6 Å². The summed E-state index contributed by atoms with van der Waals surface area (Å²) in [6.45, 7) is 5.19. The van der Waals surface area contributed by atoms with Gasteiger partial charge in [-0.3, -0.25) is 9.69 Å². The van der Waals surface area contributed by atoms with Crippen molar-refractivity contribution in [3.05, 3.63) is 24.3 Å². The molecule has 2 fully saturated rings. The summed E-state index contributed by atoms with van der Waals surface area (Å²) in [5, 5.41) is 3.29. The maximum absolute atomic E-state index is 12.6. The van der Waals surface area contributed by atoms with Gasteiger partial charge in [0.25, 0.3) is 0 Å². The van der Waals surface area contributed by atoms with E-state index in [2.05, 4.69) is 20.2 Å². The second kappa shape index (κ2) is 6.28. The van der Waals surface area contributed by atoms with Crippen molar-refractivity contribution in [3.8, 4) is 0 Å². The van der Waals surface area contributed by atoms with Crippen LogP contribution in [0, 0.1) is 0 Å². The fourth-order valence-corrected chi connectivity index (χ4v) is 3.01. The first-order chi connectivity index (χ1) is 9.84.